The lowest BCUT2D eigenvalue weighted by Gasteiger charge is -2.36. The number of sulfonamides is 1. The zero-order valence-corrected chi connectivity index (χ0v) is 23.5. The van der Waals surface area contributed by atoms with Gasteiger partial charge >= 0.3 is 0 Å². The van der Waals surface area contributed by atoms with Crippen LogP contribution in [-0.4, -0.2) is 59.1 Å². The van der Waals surface area contributed by atoms with E-state index in [1.807, 2.05) is 65.0 Å². The van der Waals surface area contributed by atoms with Crippen molar-refractivity contribution in [2.45, 2.75) is 83.1 Å². The summed E-state index contributed by atoms with van der Waals surface area (Å²) in [5.41, 5.74) is 1.36. The van der Waals surface area contributed by atoms with Crippen molar-refractivity contribution >= 4 is 15.9 Å². The number of aryl methyl sites for hydroxylation is 2. The molecule has 37 heavy (non-hydrogen) atoms. The van der Waals surface area contributed by atoms with E-state index >= 15 is 0 Å². The predicted molar refractivity (Wildman–Crippen MR) is 143 cm³/mol. The highest BCUT2D eigenvalue weighted by molar-refractivity contribution is 7.89. The number of aliphatic hydroxyl groups excluding tert-OH is 1. The van der Waals surface area contributed by atoms with Gasteiger partial charge in [-0.2, -0.15) is 4.31 Å². The molecular formula is C29H40N2O5S. The first kappa shape index (κ1) is 27.8. The first-order valence-electron chi connectivity index (χ1n) is 13.2. The van der Waals surface area contributed by atoms with Gasteiger partial charge in [-0.25, -0.2) is 13.5 Å². The highest BCUT2D eigenvalue weighted by Gasteiger charge is 2.62. The summed E-state index contributed by atoms with van der Waals surface area (Å²) in [6, 6.07) is 15.9. The topological polar surface area (TPSA) is 87.2 Å². The van der Waals surface area contributed by atoms with Gasteiger partial charge in [0.1, 0.15) is 0 Å². The average molecular weight is 529 g/mol. The first-order valence-corrected chi connectivity index (χ1v) is 14.6. The summed E-state index contributed by atoms with van der Waals surface area (Å²) in [6.45, 7) is 11.7. The number of benzene rings is 2. The van der Waals surface area contributed by atoms with Crippen LogP contribution in [-0.2, 0) is 26.1 Å². The number of nitrogens with zero attached hydrogens (tertiary/aromatic N) is 2. The molecule has 0 unspecified atom stereocenters. The monoisotopic (exact) mass is 528 g/mol. The van der Waals surface area contributed by atoms with E-state index in [-0.39, 0.29) is 29.2 Å². The first-order chi connectivity index (χ1) is 17.3. The summed E-state index contributed by atoms with van der Waals surface area (Å²) in [6.07, 6.45) is 0.267. The quantitative estimate of drug-likeness (QED) is 0.555. The van der Waals surface area contributed by atoms with Crippen LogP contribution in [0.25, 0.3) is 0 Å². The van der Waals surface area contributed by atoms with Crippen molar-refractivity contribution in [2.75, 3.05) is 6.54 Å². The lowest BCUT2D eigenvalue weighted by atomic mass is 9.83. The third-order valence-electron chi connectivity index (χ3n) is 8.03. The van der Waals surface area contributed by atoms with Crippen molar-refractivity contribution in [3.63, 3.8) is 0 Å². The zero-order valence-electron chi connectivity index (χ0n) is 22.7. The summed E-state index contributed by atoms with van der Waals surface area (Å²) in [5.74, 6) is -1.24. The number of fused-ring (bicyclic) bond motifs is 1. The number of hydroxylamine groups is 2. The van der Waals surface area contributed by atoms with Crippen LogP contribution in [0.4, 0.5) is 0 Å². The highest BCUT2D eigenvalue weighted by atomic mass is 32.2. The molecule has 1 amide bonds. The Labute approximate surface area is 221 Å². The minimum atomic E-state index is -3.78. The molecule has 8 heteroatoms. The largest absolute Gasteiger partial charge is 0.392 e. The summed E-state index contributed by atoms with van der Waals surface area (Å²) < 4.78 is 29.1. The van der Waals surface area contributed by atoms with Gasteiger partial charge in [-0.3, -0.25) is 9.63 Å². The molecule has 2 heterocycles. The molecule has 2 aliphatic rings. The van der Waals surface area contributed by atoms with Crippen molar-refractivity contribution in [1.82, 2.24) is 9.37 Å². The lowest BCUT2D eigenvalue weighted by Crippen LogP contribution is -2.52. The Hall–Kier alpha value is -2.26. The molecule has 0 aliphatic carbocycles. The number of hydrogen-bond acceptors (Lipinski definition) is 5. The molecule has 2 aromatic carbocycles. The smallest absolute Gasteiger partial charge is 0.251 e. The number of hydrogen-bond donors (Lipinski definition) is 1. The van der Waals surface area contributed by atoms with E-state index in [1.54, 1.807) is 35.5 Å². The second-order valence-corrected chi connectivity index (χ2v) is 13.3. The Bertz CT molecular complexity index is 1200. The van der Waals surface area contributed by atoms with E-state index in [1.165, 1.54) is 5.06 Å². The van der Waals surface area contributed by atoms with Crippen molar-refractivity contribution in [2.24, 2.45) is 17.8 Å². The van der Waals surface area contributed by atoms with E-state index in [0.29, 0.717) is 12.8 Å². The Morgan fingerprint density at radius 3 is 2.30 bits per heavy atom. The molecule has 2 aromatic rings. The predicted octanol–water partition coefficient (Wildman–Crippen LogP) is 4.19. The highest BCUT2D eigenvalue weighted by Crippen LogP contribution is 2.48. The number of amides is 1. The van der Waals surface area contributed by atoms with E-state index in [2.05, 4.69) is 0 Å². The van der Waals surface area contributed by atoms with Crippen LogP contribution in [0.5, 0.6) is 0 Å². The van der Waals surface area contributed by atoms with E-state index < -0.39 is 39.7 Å². The fraction of sp³-hybridized carbons (Fsp3) is 0.552. The third kappa shape index (κ3) is 5.35. The third-order valence-corrected chi connectivity index (χ3v) is 9.91. The molecule has 2 aliphatic heterocycles. The molecule has 2 saturated heterocycles. The van der Waals surface area contributed by atoms with Gasteiger partial charge in [0.2, 0.25) is 10.0 Å². The fourth-order valence-corrected chi connectivity index (χ4v) is 7.54. The Morgan fingerprint density at radius 1 is 1.08 bits per heavy atom. The van der Waals surface area contributed by atoms with Gasteiger partial charge < -0.3 is 5.11 Å². The number of carbonyl (C=O) groups is 1. The van der Waals surface area contributed by atoms with Crippen LogP contribution in [0.3, 0.4) is 0 Å². The van der Waals surface area contributed by atoms with Crippen LogP contribution in [0.15, 0.2) is 59.5 Å². The SMILES string of the molecule is Cc1ccc(S(=O)(=O)N2C[C@@H]3[C@H]([C@@H]2C(C)C)N(C(=O)[C@@H](C)[C@H](O)CCc2ccccc2)OC3(C)C)cc1. The Kier molecular flexibility index (Phi) is 7.87. The number of aliphatic hydroxyl groups is 1. The van der Waals surface area contributed by atoms with Gasteiger partial charge in [-0.1, -0.05) is 68.8 Å². The lowest BCUT2D eigenvalue weighted by molar-refractivity contribution is -0.215. The summed E-state index contributed by atoms with van der Waals surface area (Å²) in [7, 11) is -3.78. The molecule has 0 spiro atoms. The molecule has 7 nitrogen and oxygen atoms in total. The van der Waals surface area contributed by atoms with Crippen molar-refractivity contribution in [1.29, 1.82) is 0 Å². The van der Waals surface area contributed by atoms with Crippen molar-refractivity contribution in [3.05, 3.63) is 65.7 Å². The summed E-state index contributed by atoms with van der Waals surface area (Å²) >= 11 is 0. The van der Waals surface area contributed by atoms with E-state index in [9.17, 15) is 18.3 Å². The molecule has 1 N–H and O–H groups in total. The van der Waals surface area contributed by atoms with Crippen molar-refractivity contribution < 1.29 is 23.2 Å². The van der Waals surface area contributed by atoms with Crippen molar-refractivity contribution in [3.8, 4) is 0 Å². The van der Waals surface area contributed by atoms with E-state index in [0.717, 1.165) is 11.1 Å². The van der Waals surface area contributed by atoms with Gasteiger partial charge in [0.25, 0.3) is 5.91 Å². The van der Waals surface area contributed by atoms with Gasteiger partial charge in [0.05, 0.1) is 34.6 Å². The maximum atomic E-state index is 13.8. The molecule has 0 aromatic heterocycles. The molecule has 5 atom stereocenters. The van der Waals surface area contributed by atoms with E-state index in [4.69, 9.17) is 4.84 Å². The standard InChI is InChI=1S/C29H40N2O5S/c1-19(2)26-27-24(18-30(26)37(34,35)23-15-12-20(3)13-16-23)29(5,6)36-31(27)28(33)21(4)25(32)17-14-22-10-8-7-9-11-22/h7-13,15-16,19,21,24-27,32H,14,17-18H2,1-6H3/t21-,24+,25+,26-,27+/m0/s1. The van der Waals surface area contributed by atoms with Gasteiger partial charge in [0.15, 0.2) is 0 Å². The van der Waals surface area contributed by atoms with Crippen LogP contribution < -0.4 is 0 Å². The minimum Gasteiger partial charge on any atom is -0.392 e. The normalized spacial score (nSPS) is 25.3. The van der Waals surface area contributed by atoms with Crippen LogP contribution >= 0.6 is 0 Å². The molecule has 202 valence electrons. The number of rotatable bonds is 8. The van der Waals surface area contributed by atoms with Crippen LogP contribution in [0, 0.1) is 24.7 Å². The van der Waals surface area contributed by atoms with Crippen LogP contribution in [0.2, 0.25) is 0 Å². The molecule has 0 radical (unpaired) electrons. The zero-order chi connectivity index (χ0) is 27.1. The Morgan fingerprint density at radius 2 is 1.70 bits per heavy atom. The molecule has 0 bridgehead atoms. The molecule has 2 fully saturated rings. The second-order valence-electron chi connectivity index (χ2n) is 11.5. The maximum absolute atomic E-state index is 13.8. The van der Waals surface area contributed by atoms with Gasteiger partial charge in [-0.05, 0) is 57.2 Å². The average Bonchev–Trinajstić information content (AvgIpc) is 3.39. The van der Waals surface area contributed by atoms with Crippen LogP contribution in [0.1, 0.15) is 52.2 Å². The Balaban J connectivity index is 1.59. The molecule has 4 rings (SSSR count). The fourth-order valence-electron chi connectivity index (χ4n) is 5.74. The maximum Gasteiger partial charge on any atom is 0.251 e. The minimum absolute atomic E-state index is 0.0543. The van der Waals surface area contributed by atoms with Gasteiger partial charge in [-0.15, -0.1) is 0 Å². The summed E-state index contributed by atoms with van der Waals surface area (Å²) in [4.78, 5) is 20.2. The molecular weight excluding hydrogens is 488 g/mol. The molecule has 0 saturated carbocycles. The number of carbonyl (C=O) groups excluding carboxylic acids is 1. The second kappa shape index (κ2) is 10.5. The summed E-state index contributed by atoms with van der Waals surface area (Å²) in [5, 5.41) is 12.3. The van der Waals surface area contributed by atoms with Gasteiger partial charge in [0, 0.05) is 12.5 Å².